The summed E-state index contributed by atoms with van der Waals surface area (Å²) < 4.78 is 28.5. The van der Waals surface area contributed by atoms with E-state index in [0.29, 0.717) is 12.1 Å². The zero-order valence-corrected chi connectivity index (χ0v) is 11.2. The van der Waals surface area contributed by atoms with E-state index in [1.54, 1.807) is 10.9 Å². The fraction of sp³-hybridized carbons (Fsp3) is 0.357. The molecule has 5 heteroatoms. The van der Waals surface area contributed by atoms with Crippen molar-refractivity contribution in [3.63, 3.8) is 0 Å². The minimum atomic E-state index is -0.570. The minimum Gasteiger partial charge on any atom is -0.306 e. The standard InChI is InChI=1S/C14H17F2N3/c1-4-17-14(13-8-18-19(3)9(13)2)10-5-11(15)7-12(16)6-10/h5-8,14,17H,4H2,1-3H3. The van der Waals surface area contributed by atoms with Gasteiger partial charge in [-0.3, -0.25) is 4.68 Å². The van der Waals surface area contributed by atoms with Crippen molar-refractivity contribution in [3.05, 3.63) is 52.9 Å². The van der Waals surface area contributed by atoms with Crippen LogP contribution in [0.2, 0.25) is 0 Å². The first-order chi connectivity index (χ1) is 9.02. The zero-order chi connectivity index (χ0) is 14.0. The lowest BCUT2D eigenvalue weighted by molar-refractivity contribution is 0.564. The van der Waals surface area contributed by atoms with Crippen molar-refractivity contribution in [2.75, 3.05) is 6.54 Å². The highest BCUT2D eigenvalue weighted by atomic mass is 19.1. The third-order valence-electron chi connectivity index (χ3n) is 3.21. The summed E-state index contributed by atoms with van der Waals surface area (Å²) in [6.07, 6.45) is 1.73. The maximum Gasteiger partial charge on any atom is 0.126 e. The number of aryl methyl sites for hydroxylation is 1. The largest absolute Gasteiger partial charge is 0.306 e. The molecule has 0 saturated carbocycles. The molecule has 19 heavy (non-hydrogen) atoms. The molecule has 1 unspecified atom stereocenters. The Morgan fingerprint density at radius 3 is 2.37 bits per heavy atom. The Kier molecular flexibility index (Phi) is 3.95. The molecular weight excluding hydrogens is 248 g/mol. The smallest absolute Gasteiger partial charge is 0.126 e. The van der Waals surface area contributed by atoms with Crippen LogP contribution in [0.4, 0.5) is 8.78 Å². The van der Waals surface area contributed by atoms with Gasteiger partial charge in [0.25, 0.3) is 0 Å². The molecule has 0 fully saturated rings. The van der Waals surface area contributed by atoms with E-state index < -0.39 is 11.6 Å². The second-order valence-corrected chi connectivity index (χ2v) is 4.50. The van der Waals surface area contributed by atoms with Gasteiger partial charge in [-0.1, -0.05) is 6.92 Å². The molecule has 102 valence electrons. The van der Waals surface area contributed by atoms with Crippen LogP contribution in [-0.2, 0) is 7.05 Å². The van der Waals surface area contributed by atoms with Crippen LogP contribution >= 0.6 is 0 Å². The van der Waals surface area contributed by atoms with Gasteiger partial charge >= 0.3 is 0 Å². The number of nitrogens with one attached hydrogen (secondary N) is 1. The van der Waals surface area contributed by atoms with E-state index in [9.17, 15) is 8.78 Å². The second kappa shape index (κ2) is 5.48. The Morgan fingerprint density at radius 2 is 1.89 bits per heavy atom. The fourth-order valence-electron chi connectivity index (χ4n) is 2.15. The second-order valence-electron chi connectivity index (χ2n) is 4.50. The predicted octanol–water partition coefficient (Wildman–Crippen LogP) is 2.71. The number of benzene rings is 1. The SMILES string of the molecule is CCNC(c1cc(F)cc(F)c1)c1cnn(C)c1C. The van der Waals surface area contributed by atoms with Crippen molar-refractivity contribution in [2.24, 2.45) is 7.05 Å². The molecule has 0 aliphatic carbocycles. The van der Waals surface area contributed by atoms with Gasteiger partial charge in [0.15, 0.2) is 0 Å². The molecule has 2 rings (SSSR count). The van der Waals surface area contributed by atoms with Gasteiger partial charge in [0.1, 0.15) is 11.6 Å². The lowest BCUT2D eigenvalue weighted by atomic mass is 9.99. The molecule has 0 radical (unpaired) electrons. The Morgan fingerprint density at radius 1 is 1.26 bits per heavy atom. The van der Waals surface area contributed by atoms with E-state index in [2.05, 4.69) is 10.4 Å². The van der Waals surface area contributed by atoms with E-state index in [1.807, 2.05) is 20.9 Å². The van der Waals surface area contributed by atoms with Crippen LogP contribution in [0.15, 0.2) is 24.4 Å². The summed E-state index contributed by atoms with van der Waals surface area (Å²) >= 11 is 0. The molecule has 0 aliphatic rings. The highest BCUT2D eigenvalue weighted by Gasteiger charge is 2.19. The van der Waals surface area contributed by atoms with Crippen LogP contribution in [0.5, 0.6) is 0 Å². The monoisotopic (exact) mass is 265 g/mol. The fourth-order valence-corrected chi connectivity index (χ4v) is 2.15. The van der Waals surface area contributed by atoms with Crippen LogP contribution in [0.1, 0.15) is 29.8 Å². The molecule has 1 aromatic heterocycles. The van der Waals surface area contributed by atoms with Gasteiger partial charge < -0.3 is 5.32 Å². The van der Waals surface area contributed by atoms with Gasteiger partial charge in [0.2, 0.25) is 0 Å². The molecule has 1 aromatic carbocycles. The van der Waals surface area contributed by atoms with E-state index in [-0.39, 0.29) is 6.04 Å². The molecular formula is C14H17F2N3. The van der Waals surface area contributed by atoms with Gasteiger partial charge in [0, 0.05) is 24.4 Å². The molecule has 3 nitrogen and oxygen atoms in total. The van der Waals surface area contributed by atoms with E-state index in [4.69, 9.17) is 0 Å². The van der Waals surface area contributed by atoms with Crippen LogP contribution in [0.3, 0.4) is 0 Å². The quantitative estimate of drug-likeness (QED) is 0.921. The summed E-state index contributed by atoms with van der Waals surface area (Å²) in [6, 6.07) is 3.32. The maximum absolute atomic E-state index is 13.4. The molecule has 0 spiro atoms. The predicted molar refractivity (Wildman–Crippen MR) is 69.8 cm³/mol. The summed E-state index contributed by atoms with van der Waals surface area (Å²) in [4.78, 5) is 0. The van der Waals surface area contributed by atoms with Crippen molar-refractivity contribution < 1.29 is 8.78 Å². The third kappa shape index (κ3) is 2.81. The molecule has 1 atom stereocenters. The van der Waals surface area contributed by atoms with Gasteiger partial charge in [-0.05, 0) is 31.2 Å². The lowest BCUT2D eigenvalue weighted by Crippen LogP contribution is -2.22. The highest BCUT2D eigenvalue weighted by molar-refractivity contribution is 5.33. The number of nitrogens with zero attached hydrogens (tertiary/aromatic N) is 2. The van der Waals surface area contributed by atoms with Crippen LogP contribution in [0, 0.1) is 18.6 Å². The molecule has 0 bridgehead atoms. The summed E-state index contributed by atoms with van der Waals surface area (Å²) in [5.41, 5.74) is 2.46. The normalized spacial score (nSPS) is 12.7. The average Bonchev–Trinajstić information content (AvgIpc) is 2.66. The number of hydrogen-bond donors (Lipinski definition) is 1. The van der Waals surface area contributed by atoms with Crippen molar-refractivity contribution in [1.82, 2.24) is 15.1 Å². The summed E-state index contributed by atoms with van der Waals surface area (Å²) in [6.45, 7) is 4.58. The van der Waals surface area contributed by atoms with Crippen molar-refractivity contribution in [3.8, 4) is 0 Å². The number of hydrogen-bond acceptors (Lipinski definition) is 2. The van der Waals surface area contributed by atoms with E-state index >= 15 is 0 Å². The van der Waals surface area contributed by atoms with E-state index in [1.165, 1.54) is 12.1 Å². The first-order valence-corrected chi connectivity index (χ1v) is 6.20. The summed E-state index contributed by atoms with van der Waals surface area (Å²) in [5.74, 6) is -1.14. The molecule has 0 aliphatic heterocycles. The highest BCUT2D eigenvalue weighted by Crippen LogP contribution is 2.25. The maximum atomic E-state index is 13.4. The zero-order valence-electron chi connectivity index (χ0n) is 11.2. The van der Waals surface area contributed by atoms with Gasteiger partial charge in [0.05, 0.1) is 12.2 Å². The Hall–Kier alpha value is -1.75. The molecule has 2 aromatic rings. The van der Waals surface area contributed by atoms with Gasteiger partial charge in [-0.2, -0.15) is 5.10 Å². The Bertz CT molecular complexity index is 558. The molecule has 0 amide bonds. The topological polar surface area (TPSA) is 29.9 Å². The number of aromatic nitrogens is 2. The average molecular weight is 265 g/mol. The molecule has 1 heterocycles. The first kappa shape index (κ1) is 13.7. The van der Waals surface area contributed by atoms with Crippen molar-refractivity contribution >= 4 is 0 Å². The summed E-state index contributed by atoms with van der Waals surface area (Å²) in [5, 5.41) is 7.42. The molecule has 1 N–H and O–H groups in total. The third-order valence-corrected chi connectivity index (χ3v) is 3.21. The summed E-state index contributed by atoms with van der Waals surface area (Å²) in [7, 11) is 1.84. The van der Waals surface area contributed by atoms with Crippen molar-refractivity contribution in [1.29, 1.82) is 0 Å². The van der Waals surface area contributed by atoms with Crippen LogP contribution < -0.4 is 5.32 Å². The molecule has 0 saturated heterocycles. The Balaban J connectivity index is 2.48. The van der Waals surface area contributed by atoms with Crippen LogP contribution in [0.25, 0.3) is 0 Å². The Labute approximate surface area is 111 Å². The number of rotatable bonds is 4. The first-order valence-electron chi connectivity index (χ1n) is 6.20. The minimum absolute atomic E-state index is 0.260. The van der Waals surface area contributed by atoms with Crippen LogP contribution in [-0.4, -0.2) is 16.3 Å². The van der Waals surface area contributed by atoms with Gasteiger partial charge in [-0.15, -0.1) is 0 Å². The lowest BCUT2D eigenvalue weighted by Gasteiger charge is -2.18. The van der Waals surface area contributed by atoms with Gasteiger partial charge in [-0.25, -0.2) is 8.78 Å². The van der Waals surface area contributed by atoms with Crippen molar-refractivity contribution in [2.45, 2.75) is 19.9 Å². The number of halogens is 2. The van der Waals surface area contributed by atoms with E-state index in [0.717, 1.165) is 17.3 Å².